The van der Waals surface area contributed by atoms with Gasteiger partial charge in [-0.2, -0.15) is 0 Å². The van der Waals surface area contributed by atoms with Crippen molar-refractivity contribution in [1.82, 2.24) is 5.32 Å². The van der Waals surface area contributed by atoms with Crippen LogP contribution < -0.4 is 19.9 Å². The average molecular weight is 745 g/mol. The third-order valence-electron chi connectivity index (χ3n) is 9.78. The minimum absolute atomic E-state index is 0.000259. The van der Waals surface area contributed by atoms with Crippen molar-refractivity contribution in [3.05, 3.63) is 95.6 Å². The van der Waals surface area contributed by atoms with Crippen LogP contribution in [0.5, 0.6) is 11.5 Å². The number of nitrogens with one attached hydrogen (secondary N) is 1. The molecule has 0 radical (unpaired) electrons. The van der Waals surface area contributed by atoms with E-state index in [9.17, 15) is 19.5 Å². The van der Waals surface area contributed by atoms with Gasteiger partial charge in [0.05, 0.1) is 26.9 Å². The molecule has 0 aliphatic carbocycles. The zero-order valence-corrected chi connectivity index (χ0v) is 32.8. The number of carboxylic acids is 1. The van der Waals surface area contributed by atoms with Gasteiger partial charge in [-0.3, -0.25) is 9.59 Å². The van der Waals surface area contributed by atoms with Gasteiger partial charge >= 0.3 is 0 Å². The van der Waals surface area contributed by atoms with Gasteiger partial charge in [0.15, 0.2) is 5.78 Å². The summed E-state index contributed by atoms with van der Waals surface area (Å²) in [5.41, 5.74) is 1.39. The first-order valence-corrected chi connectivity index (χ1v) is 19.9. The van der Waals surface area contributed by atoms with Gasteiger partial charge in [-0.25, -0.2) is 0 Å². The SMILES string of the molecule is CCCCCCCCCCCCCCCC(=O)NCC(COC(c1ccccc1)(c1ccc(OC)cc1)c1ccc(OC)cc1)OCC(=O)CCC(=O)[O-]. The number of carboxylic acid groups (broad SMARTS) is 1. The van der Waals surface area contributed by atoms with E-state index in [1.807, 2.05) is 78.9 Å². The quantitative estimate of drug-likeness (QED) is 0.0537. The molecule has 54 heavy (non-hydrogen) atoms. The largest absolute Gasteiger partial charge is 0.550 e. The number of hydrogen-bond acceptors (Lipinski definition) is 8. The van der Waals surface area contributed by atoms with Crippen molar-refractivity contribution in [3.63, 3.8) is 0 Å². The highest BCUT2D eigenvalue weighted by Crippen LogP contribution is 2.42. The van der Waals surface area contributed by atoms with Gasteiger partial charge in [-0.1, -0.05) is 139 Å². The number of hydrogen-bond donors (Lipinski definition) is 1. The monoisotopic (exact) mass is 744 g/mol. The maximum absolute atomic E-state index is 13.0. The lowest BCUT2D eigenvalue weighted by atomic mass is 9.80. The number of carbonyl (C=O) groups excluding carboxylic acids is 3. The lowest BCUT2D eigenvalue weighted by Crippen LogP contribution is -2.41. The molecule has 3 rings (SSSR count). The standard InChI is InChI=1S/C45H63NO8/c1-4-5-6-7-8-9-10-11-12-13-14-15-19-22-43(48)46-33-42(53-34-39(47)27-32-44(49)50)35-54-45(36-20-17-16-18-21-36,37-23-28-40(51-2)29-24-37)38-25-30-41(52-3)31-26-38/h16-18,20-21,23-26,28-31,42H,4-15,19,22,27,32-35H2,1-3H3,(H,46,48)(H,49,50)/p-1. The Morgan fingerprint density at radius 2 is 1.11 bits per heavy atom. The number of Topliss-reactive ketones (excluding diaryl/α,β-unsaturated/α-hetero) is 1. The van der Waals surface area contributed by atoms with Crippen LogP contribution in [-0.2, 0) is 29.5 Å². The van der Waals surface area contributed by atoms with Crippen LogP contribution in [0.3, 0.4) is 0 Å². The normalized spacial score (nSPS) is 11.9. The molecule has 0 heterocycles. The summed E-state index contributed by atoms with van der Waals surface area (Å²) in [6.45, 7) is 2.04. The number of methoxy groups -OCH3 is 2. The lowest BCUT2D eigenvalue weighted by Gasteiger charge is -2.37. The minimum Gasteiger partial charge on any atom is -0.550 e. The number of unbranched alkanes of at least 4 members (excludes halogenated alkanes) is 12. The molecule has 1 unspecified atom stereocenters. The van der Waals surface area contributed by atoms with Crippen molar-refractivity contribution in [3.8, 4) is 11.5 Å². The molecule has 1 amide bonds. The fraction of sp³-hybridized carbons (Fsp3) is 0.533. The van der Waals surface area contributed by atoms with Crippen LogP contribution in [0.2, 0.25) is 0 Å². The van der Waals surface area contributed by atoms with E-state index in [1.54, 1.807) is 14.2 Å². The molecular weight excluding hydrogens is 682 g/mol. The Labute approximate surface area is 323 Å². The second kappa shape index (κ2) is 25.7. The zero-order valence-electron chi connectivity index (χ0n) is 32.8. The highest BCUT2D eigenvalue weighted by atomic mass is 16.5. The van der Waals surface area contributed by atoms with Crippen LogP contribution in [0.25, 0.3) is 0 Å². The Morgan fingerprint density at radius 3 is 1.59 bits per heavy atom. The lowest BCUT2D eigenvalue weighted by molar-refractivity contribution is -0.305. The molecule has 0 aliphatic rings. The van der Waals surface area contributed by atoms with Crippen LogP contribution in [0.1, 0.15) is 126 Å². The molecule has 0 saturated carbocycles. The first-order chi connectivity index (χ1) is 26.3. The summed E-state index contributed by atoms with van der Waals surface area (Å²) in [5.74, 6) is -0.372. The van der Waals surface area contributed by atoms with Gasteiger partial charge in [0, 0.05) is 25.4 Å². The summed E-state index contributed by atoms with van der Waals surface area (Å²) in [6.07, 6.45) is 15.1. The summed E-state index contributed by atoms with van der Waals surface area (Å²) in [4.78, 5) is 36.5. The topological polar surface area (TPSA) is 123 Å². The van der Waals surface area contributed by atoms with Gasteiger partial charge in [0.1, 0.15) is 23.7 Å². The predicted octanol–water partition coefficient (Wildman–Crippen LogP) is 8.09. The molecule has 0 fully saturated rings. The number of ether oxygens (including phenoxy) is 4. The Morgan fingerprint density at radius 1 is 0.630 bits per heavy atom. The molecule has 0 aliphatic heterocycles. The third kappa shape index (κ3) is 15.6. The summed E-state index contributed by atoms with van der Waals surface area (Å²) in [6, 6.07) is 25.1. The number of rotatable bonds is 30. The molecule has 9 nitrogen and oxygen atoms in total. The Hall–Kier alpha value is -4.21. The van der Waals surface area contributed by atoms with Gasteiger partial charge in [0.25, 0.3) is 0 Å². The molecule has 0 spiro atoms. The number of benzene rings is 3. The van der Waals surface area contributed by atoms with Crippen LogP contribution in [-0.4, -0.2) is 57.7 Å². The average Bonchev–Trinajstić information content (AvgIpc) is 3.20. The number of amides is 1. The van der Waals surface area contributed by atoms with Gasteiger partial charge in [0.2, 0.25) is 5.91 Å². The fourth-order valence-electron chi connectivity index (χ4n) is 6.60. The van der Waals surface area contributed by atoms with E-state index < -0.39 is 17.7 Å². The summed E-state index contributed by atoms with van der Waals surface area (Å²) in [7, 11) is 3.23. The van der Waals surface area contributed by atoms with Crippen molar-refractivity contribution in [2.75, 3.05) is 34.0 Å². The highest BCUT2D eigenvalue weighted by Gasteiger charge is 2.38. The van der Waals surface area contributed by atoms with Crippen molar-refractivity contribution >= 4 is 17.7 Å². The Balaban J connectivity index is 1.68. The van der Waals surface area contributed by atoms with E-state index in [-0.39, 0.29) is 44.3 Å². The second-order valence-corrected chi connectivity index (χ2v) is 14.0. The van der Waals surface area contributed by atoms with E-state index in [1.165, 1.54) is 64.2 Å². The fourth-order valence-corrected chi connectivity index (χ4v) is 6.60. The molecule has 1 N–H and O–H groups in total. The first kappa shape index (κ1) is 44.2. The van der Waals surface area contributed by atoms with Gasteiger partial charge < -0.3 is 34.2 Å². The maximum Gasteiger partial charge on any atom is 0.220 e. The molecule has 9 heteroatoms. The van der Waals surface area contributed by atoms with Crippen LogP contribution >= 0.6 is 0 Å². The smallest absolute Gasteiger partial charge is 0.220 e. The predicted molar refractivity (Wildman–Crippen MR) is 211 cm³/mol. The molecule has 3 aromatic rings. The van der Waals surface area contributed by atoms with Crippen molar-refractivity contribution < 1.29 is 38.4 Å². The molecule has 0 saturated heterocycles. The Kier molecular flexibility index (Phi) is 21.1. The van der Waals surface area contributed by atoms with Gasteiger partial charge in [-0.05, 0) is 53.8 Å². The van der Waals surface area contributed by atoms with Crippen LogP contribution in [0.15, 0.2) is 78.9 Å². The second-order valence-electron chi connectivity index (χ2n) is 14.0. The maximum atomic E-state index is 13.0. The molecule has 296 valence electrons. The highest BCUT2D eigenvalue weighted by molar-refractivity contribution is 5.82. The van der Waals surface area contributed by atoms with E-state index in [4.69, 9.17) is 18.9 Å². The number of carbonyl (C=O) groups is 3. The first-order valence-electron chi connectivity index (χ1n) is 19.9. The zero-order chi connectivity index (χ0) is 38.9. The van der Waals surface area contributed by atoms with Crippen LogP contribution in [0.4, 0.5) is 0 Å². The van der Waals surface area contributed by atoms with E-state index >= 15 is 0 Å². The van der Waals surface area contributed by atoms with Crippen molar-refractivity contribution in [2.24, 2.45) is 0 Å². The summed E-state index contributed by atoms with van der Waals surface area (Å²) >= 11 is 0. The summed E-state index contributed by atoms with van der Waals surface area (Å²) in [5, 5.41) is 14.0. The van der Waals surface area contributed by atoms with E-state index in [0.717, 1.165) is 36.0 Å². The van der Waals surface area contributed by atoms with E-state index in [0.29, 0.717) is 17.9 Å². The molecular formula is C45H62NO8-. The molecule has 0 bridgehead atoms. The third-order valence-corrected chi connectivity index (χ3v) is 9.78. The number of aliphatic carboxylic acids is 1. The van der Waals surface area contributed by atoms with Crippen molar-refractivity contribution in [1.29, 1.82) is 0 Å². The van der Waals surface area contributed by atoms with E-state index in [2.05, 4.69) is 12.2 Å². The molecule has 0 aromatic heterocycles. The molecule has 3 aromatic carbocycles. The van der Waals surface area contributed by atoms with Gasteiger partial charge in [-0.15, -0.1) is 0 Å². The number of ketones is 1. The summed E-state index contributed by atoms with van der Waals surface area (Å²) < 4.78 is 23.9. The van der Waals surface area contributed by atoms with Crippen LogP contribution in [0, 0.1) is 0 Å². The minimum atomic E-state index is -1.30. The Bertz CT molecular complexity index is 1430. The molecule has 1 atom stereocenters. The van der Waals surface area contributed by atoms with Crippen molar-refractivity contribution in [2.45, 2.75) is 121 Å².